The Morgan fingerprint density at radius 1 is 1.23 bits per heavy atom. The number of urea groups is 1. The summed E-state index contributed by atoms with van der Waals surface area (Å²) in [7, 11) is 1.49. The van der Waals surface area contributed by atoms with Crippen molar-refractivity contribution in [1.82, 2.24) is 15.2 Å². The van der Waals surface area contributed by atoms with Crippen LogP contribution in [0.4, 0.5) is 10.5 Å². The summed E-state index contributed by atoms with van der Waals surface area (Å²) in [5, 5.41) is 5.26. The number of ether oxygens (including phenoxy) is 1. The third kappa shape index (κ3) is 3.21. The minimum absolute atomic E-state index is 0.390. The number of methoxy groups -OCH3 is 1. The number of anilines is 1. The number of carbonyl (C=O) groups excluding carboxylic acids is 3. The molecule has 1 fully saturated rings. The minimum atomic E-state index is -1.19. The highest BCUT2D eigenvalue weighted by molar-refractivity contribution is 6.10. The second kappa shape index (κ2) is 6.83. The zero-order chi connectivity index (χ0) is 18.7. The van der Waals surface area contributed by atoms with Crippen molar-refractivity contribution >= 4 is 23.5 Å². The molecule has 0 radical (unpaired) electrons. The number of aromatic nitrogens is 1. The fraction of sp³-hybridized carbons (Fsp3) is 0.222. The van der Waals surface area contributed by atoms with Gasteiger partial charge in [-0.1, -0.05) is 30.3 Å². The molecule has 1 aromatic heterocycles. The molecule has 8 nitrogen and oxygen atoms in total. The summed E-state index contributed by atoms with van der Waals surface area (Å²) in [6.45, 7) is 1.23. The van der Waals surface area contributed by atoms with Gasteiger partial charge in [-0.2, -0.15) is 0 Å². The lowest BCUT2D eigenvalue weighted by Gasteiger charge is -2.22. The number of rotatable bonds is 5. The third-order valence-corrected chi connectivity index (χ3v) is 4.16. The van der Waals surface area contributed by atoms with Gasteiger partial charge in [0.1, 0.15) is 12.1 Å². The van der Waals surface area contributed by atoms with Gasteiger partial charge in [-0.05, 0) is 18.6 Å². The summed E-state index contributed by atoms with van der Waals surface area (Å²) < 4.78 is 4.95. The van der Waals surface area contributed by atoms with E-state index < -0.39 is 23.4 Å². The van der Waals surface area contributed by atoms with Gasteiger partial charge >= 0.3 is 6.03 Å². The van der Waals surface area contributed by atoms with Gasteiger partial charge in [0.25, 0.3) is 5.91 Å². The molecular weight excluding hydrogens is 336 g/mol. The zero-order valence-corrected chi connectivity index (χ0v) is 14.4. The molecule has 3 rings (SSSR count). The number of benzene rings is 1. The van der Waals surface area contributed by atoms with E-state index in [1.807, 2.05) is 6.07 Å². The van der Waals surface area contributed by atoms with E-state index in [0.717, 1.165) is 4.90 Å². The van der Waals surface area contributed by atoms with Crippen LogP contribution in [0.2, 0.25) is 0 Å². The molecule has 134 valence electrons. The van der Waals surface area contributed by atoms with Gasteiger partial charge in [0.15, 0.2) is 0 Å². The Morgan fingerprint density at radius 2 is 1.96 bits per heavy atom. The van der Waals surface area contributed by atoms with Gasteiger partial charge in [-0.15, -0.1) is 0 Å². The van der Waals surface area contributed by atoms with E-state index in [9.17, 15) is 14.4 Å². The molecule has 2 heterocycles. The Balaban J connectivity index is 1.70. The van der Waals surface area contributed by atoms with Gasteiger partial charge in [-0.25, -0.2) is 9.78 Å². The number of nitrogens with one attached hydrogen (secondary N) is 2. The van der Waals surface area contributed by atoms with Crippen LogP contribution in [0.5, 0.6) is 5.88 Å². The fourth-order valence-electron chi connectivity index (χ4n) is 2.73. The van der Waals surface area contributed by atoms with Crippen molar-refractivity contribution in [2.24, 2.45) is 0 Å². The molecule has 8 heteroatoms. The van der Waals surface area contributed by atoms with Crippen LogP contribution in [0.3, 0.4) is 0 Å². The van der Waals surface area contributed by atoms with Crippen molar-refractivity contribution < 1.29 is 19.1 Å². The lowest BCUT2D eigenvalue weighted by Crippen LogP contribution is -2.42. The zero-order valence-electron chi connectivity index (χ0n) is 14.4. The molecule has 4 amide bonds. The van der Waals surface area contributed by atoms with Crippen LogP contribution in [0.25, 0.3) is 0 Å². The van der Waals surface area contributed by atoms with Crippen LogP contribution in [-0.2, 0) is 15.1 Å². The quantitative estimate of drug-likeness (QED) is 0.793. The van der Waals surface area contributed by atoms with Crippen molar-refractivity contribution in [1.29, 1.82) is 0 Å². The first-order valence-electron chi connectivity index (χ1n) is 7.93. The lowest BCUT2D eigenvalue weighted by molar-refractivity contribution is -0.133. The predicted molar refractivity (Wildman–Crippen MR) is 93.5 cm³/mol. The van der Waals surface area contributed by atoms with Gasteiger partial charge in [0.2, 0.25) is 11.8 Å². The summed E-state index contributed by atoms with van der Waals surface area (Å²) >= 11 is 0. The Kier molecular flexibility index (Phi) is 4.57. The summed E-state index contributed by atoms with van der Waals surface area (Å²) in [6, 6.07) is 11.5. The fourth-order valence-corrected chi connectivity index (χ4v) is 2.73. The normalized spacial score (nSPS) is 19.2. The standard InChI is InChI=1S/C18H18N4O4/c1-18(12-6-4-3-5-7-12)16(24)22(17(25)21-18)11-14(23)20-13-8-9-15(26-2)19-10-13/h3-10H,11H2,1-2H3,(H,20,23)(H,21,25). The maximum atomic E-state index is 12.7. The number of nitrogens with zero attached hydrogens (tertiary/aromatic N) is 2. The van der Waals surface area contributed by atoms with Crippen molar-refractivity contribution in [2.75, 3.05) is 19.0 Å². The highest BCUT2D eigenvalue weighted by atomic mass is 16.5. The Hall–Kier alpha value is -3.42. The summed E-state index contributed by atoms with van der Waals surface area (Å²) in [5.41, 5.74) is -0.102. The molecule has 0 bridgehead atoms. The SMILES string of the molecule is COc1ccc(NC(=O)CN2C(=O)NC(C)(c3ccccc3)C2=O)cn1. The van der Waals surface area contributed by atoms with Crippen LogP contribution in [-0.4, -0.2) is 41.4 Å². The van der Waals surface area contributed by atoms with Crippen LogP contribution in [0.1, 0.15) is 12.5 Å². The Labute approximate surface area is 150 Å². The average molecular weight is 354 g/mol. The molecule has 26 heavy (non-hydrogen) atoms. The molecular formula is C18H18N4O4. The molecule has 1 aliphatic heterocycles. The Morgan fingerprint density at radius 3 is 2.58 bits per heavy atom. The first kappa shape index (κ1) is 17.4. The van der Waals surface area contributed by atoms with Gasteiger partial charge in [0, 0.05) is 6.07 Å². The molecule has 1 aliphatic rings. The molecule has 1 aromatic carbocycles. The smallest absolute Gasteiger partial charge is 0.325 e. The van der Waals surface area contributed by atoms with E-state index in [4.69, 9.17) is 4.74 Å². The van der Waals surface area contributed by atoms with Crippen LogP contribution < -0.4 is 15.4 Å². The average Bonchev–Trinajstić information content (AvgIpc) is 2.87. The Bertz CT molecular complexity index is 838. The van der Waals surface area contributed by atoms with E-state index in [0.29, 0.717) is 17.1 Å². The molecule has 1 saturated heterocycles. The van der Waals surface area contributed by atoms with Gasteiger partial charge < -0.3 is 15.4 Å². The summed E-state index contributed by atoms with van der Waals surface area (Å²) in [5.74, 6) is -0.565. The summed E-state index contributed by atoms with van der Waals surface area (Å²) in [6.07, 6.45) is 1.43. The first-order chi connectivity index (χ1) is 12.4. The number of carbonyl (C=O) groups is 3. The van der Waals surface area contributed by atoms with E-state index >= 15 is 0 Å². The summed E-state index contributed by atoms with van der Waals surface area (Å²) in [4.78, 5) is 42.1. The predicted octanol–water partition coefficient (Wildman–Crippen LogP) is 1.50. The second-order valence-corrected chi connectivity index (χ2v) is 5.95. The maximum absolute atomic E-state index is 12.7. The van der Waals surface area contributed by atoms with E-state index in [1.165, 1.54) is 13.3 Å². The molecule has 0 aliphatic carbocycles. The number of hydrogen-bond donors (Lipinski definition) is 2. The molecule has 1 atom stereocenters. The van der Waals surface area contributed by atoms with E-state index in [1.54, 1.807) is 43.3 Å². The maximum Gasteiger partial charge on any atom is 0.325 e. The molecule has 1 unspecified atom stereocenters. The van der Waals surface area contributed by atoms with Gasteiger partial charge in [0.05, 0.1) is 19.0 Å². The number of amides is 4. The second-order valence-electron chi connectivity index (χ2n) is 5.95. The first-order valence-corrected chi connectivity index (χ1v) is 7.93. The minimum Gasteiger partial charge on any atom is -0.481 e. The molecule has 0 saturated carbocycles. The van der Waals surface area contributed by atoms with E-state index in [2.05, 4.69) is 15.6 Å². The van der Waals surface area contributed by atoms with Crippen LogP contribution in [0, 0.1) is 0 Å². The van der Waals surface area contributed by atoms with Crippen LogP contribution >= 0.6 is 0 Å². The lowest BCUT2D eigenvalue weighted by atomic mass is 9.92. The highest BCUT2D eigenvalue weighted by Crippen LogP contribution is 2.28. The van der Waals surface area contributed by atoms with Gasteiger partial charge in [-0.3, -0.25) is 14.5 Å². The molecule has 2 aromatic rings. The van der Waals surface area contributed by atoms with Crippen molar-refractivity contribution in [3.63, 3.8) is 0 Å². The molecule has 2 N–H and O–H groups in total. The van der Waals surface area contributed by atoms with Crippen molar-refractivity contribution in [3.8, 4) is 5.88 Å². The highest BCUT2D eigenvalue weighted by Gasteiger charge is 2.49. The number of hydrogen-bond acceptors (Lipinski definition) is 5. The van der Waals surface area contributed by atoms with E-state index in [-0.39, 0.29) is 6.54 Å². The van der Waals surface area contributed by atoms with Crippen LogP contribution in [0.15, 0.2) is 48.7 Å². The third-order valence-electron chi connectivity index (χ3n) is 4.16. The molecule has 0 spiro atoms. The number of imide groups is 1. The topological polar surface area (TPSA) is 101 Å². The largest absolute Gasteiger partial charge is 0.481 e. The monoisotopic (exact) mass is 354 g/mol. The van der Waals surface area contributed by atoms with Crippen molar-refractivity contribution in [3.05, 3.63) is 54.2 Å². The number of pyridine rings is 1. The van der Waals surface area contributed by atoms with Crippen molar-refractivity contribution in [2.45, 2.75) is 12.5 Å².